The highest BCUT2D eigenvalue weighted by atomic mass is 32.2. The molecule has 0 bridgehead atoms. The molecule has 2 N–H and O–H groups in total. The monoisotopic (exact) mass is 572 g/mol. The molecule has 0 aromatic heterocycles. The zero-order valence-corrected chi connectivity index (χ0v) is 26.1. The fraction of sp³-hybridized carbons (Fsp3) is 0.765. The van der Waals surface area contributed by atoms with Crippen LogP contribution in [0.5, 0.6) is 0 Å². The quantitative estimate of drug-likeness (QED) is 0.245. The summed E-state index contributed by atoms with van der Waals surface area (Å²) >= 11 is 0. The first kappa shape index (κ1) is 30.3. The van der Waals surface area contributed by atoms with Crippen molar-refractivity contribution in [2.45, 2.75) is 116 Å². The highest BCUT2D eigenvalue weighted by molar-refractivity contribution is 7.86. The smallest absolute Gasteiger partial charge is 0.296 e. The first-order valence-electron chi connectivity index (χ1n) is 15.9. The Bertz CT molecular complexity index is 1180. The Labute approximate surface area is 242 Å². The molecular formula is C34H52O5S. The number of hydrogen-bond donors (Lipinski definition) is 2. The van der Waals surface area contributed by atoms with Crippen LogP contribution in [-0.4, -0.2) is 37.4 Å². The lowest BCUT2D eigenvalue weighted by Crippen LogP contribution is -2.51. The van der Waals surface area contributed by atoms with Gasteiger partial charge in [0.05, 0.1) is 23.7 Å². The lowest BCUT2D eigenvalue weighted by molar-refractivity contribution is -0.0620. The maximum absolute atomic E-state index is 12.6. The van der Waals surface area contributed by atoms with Crippen LogP contribution >= 0.6 is 0 Å². The minimum atomic E-state index is -3.73. The van der Waals surface area contributed by atoms with Crippen LogP contribution in [0, 0.1) is 53.3 Å². The van der Waals surface area contributed by atoms with Crippen molar-refractivity contribution in [3.63, 3.8) is 0 Å². The summed E-state index contributed by atoms with van der Waals surface area (Å²) in [5, 5.41) is 21.7. The number of benzene rings is 1. The molecule has 0 spiro atoms. The van der Waals surface area contributed by atoms with Crippen molar-refractivity contribution >= 4 is 10.1 Å². The summed E-state index contributed by atoms with van der Waals surface area (Å²) < 4.78 is 30.5. The third-order valence-corrected chi connectivity index (χ3v) is 13.3. The van der Waals surface area contributed by atoms with E-state index in [4.69, 9.17) is 4.18 Å². The minimum Gasteiger partial charge on any atom is -0.393 e. The molecule has 0 aliphatic heterocycles. The van der Waals surface area contributed by atoms with Crippen LogP contribution < -0.4 is 0 Å². The summed E-state index contributed by atoms with van der Waals surface area (Å²) in [6, 6.07) is 6.79. The second kappa shape index (κ2) is 11.5. The second-order valence-electron chi connectivity index (χ2n) is 14.6. The summed E-state index contributed by atoms with van der Waals surface area (Å²) in [5.41, 5.74) is 2.92. The molecule has 4 aliphatic carbocycles. The van der Waals surface area contributed by atoms with Gasteiger partial charge in [0.2, 0.25) is 0 Å². The van der Waals surface area contributed by atoms with Gasteiger partial charge in [-0.15, -0.1) is 0 Å². The Morgan fingerprint density at radius 1 is 1.02 bits per heavy atom. The lowest BCUT2D eigenvalue weighted by atomic mass is 9.47. The molecule has 4 aliphatic rings. The standard InChI is InChI=1S/C34H52O5S/c1-22-9-12-27(13-10-22)40(37,38)39-21-23(2)7-6-8-24(3)32-31(36)20-30-28-14-11-25-19-26(35)15-17-33(25,4)29(28)16-18-34(30,32)5/h9-13,23-24,26,28-32,35-36H,6-8,14-21H2,1-5H3/t23-,24-,26?,28-,29+,30+,31?,32+,33+,34+/m1/s1. The van der Waals surface area contributed by atoms with Gasteiger partial charge in [0, 0.05) is 0 Å². The Kier molecular flexibility index (Phi) is 8.67. The molecule has 2 unspecified atom stereocenters. The van der Waals surface area contributed by atoms with Gasteiger partial charge in [-0.3, -0.25) is 4.18 Å². The predicted octanol–water partition coefficient (Wildman–Crippen LogP) is 7.05. The van der Waals surface area contributed by atoms with E-state index in [9.17, 15) is 18.6 Å². The normalized spacial score (nSPS) is 39.0. The highest BCUT2D eigenvalue weighted by Crippen LogP contribution is 2.67. The number of hydrogen-bond acceptors (Lipinski definition) is 5. The average molecular weight is 573 g/mol. The van der Waals surface area contributed by atoms with Crippen LogP contribution in [0.3, 0.4) is 0 Å². The van der Waals surface area contributed by atoms with Crippen molar-refractivity contribution in [1.29, 1.82) is 0 Å². The van der Waals surface area contributed by atoms with E-state index in [1.807, 2.05) is 6.92 Å². The lowest BCUT2D eigenvalue weighted by Gasteiger charge is -2.58. The van der Waals surface area contributed by atoms with Gasteiger partial charge in [0.15, 0.2) is 0 Å². The van der Waals surface area contributed by atoms with Crippen molar-refractivity contribution in [3.8, 4) is 0 Å². The van der Waals surface area contributed by atoms with Crippen molar-refractivity contribution in [2.24, 2.45) is 46.3 Å². The zero-order chi connectivity index (χ0) is 28.9. The number of aliphatic hydroxyl groups is 2. The third-order valence-electron chi connectivity index (χ3n) is 12.0. The van der Waals surface area contributed by atoms with Crippen molar-refractivity contribution in [2.75, 3.05) is 6.61 Å². The van der Waals surface area contributed by atoms with Gasteiger partial charge in [0.1, 0.15) is 0 Å². The molecular weight excluding hydrogens is 520 g/mol. The predicted molar refractivity (Wildman–Crippen MR) is 159 cm³/mol. The molecule has 0 saturated heterocycles. The molecule has 10 atom stereocenters. The van der Waals surface area contributed by atoms with Gasteiger partial charge in [-0.1, -0.05) is 69.9 Å². The first-order chi connectivity index (χ1) is 18.8. The molecule has 1 aromatic carbocycles. The molecule has 40 heavy (non-hydrogen) atoms. The minimum absolute atomic E-state index is 0.151. The third kappa shape index (κ3) is 5.59. The Morgan fingerprint density at radius 2 is 1.75 bits per heavy atom. The summed E-state index contributed by atoms with van der Waals surface area (Å²) in [6.45, 7) is 11.5. The van der Waals surface area contributed by atoms with Gasteiger partial charge in [-0.25, -0.2) is 0 Å². The molecule has 3 saturated carbocycles. The fourth-order valence-electron chi connectivity index (χ4n) is 9.75. The van der Waals surface area contributed by atoms with E-state index >= 15 is 0 Å². The molecule has 6 heteroatoms. The van der Waals surface area contributed by atoms with E-state index in [2.05, 4.69) is 33.8 Å². The first-order valence-corrected chi connectivity index (χ1v) is 17.3. The van der Waals surface area contributed by atoms with Gasteiger partial charge in [-0.05, 0) is 117 Å². The topological polar surface area (TPSA) is 83.8 Å². The molecule has 5 nitrogen and oxygen atoms in total. The van der Waals surface area contributed by atoms with E-state index in [-0.39, 0.29) is 40.5 Å². The fourth-order valence-corrected chi connectivity index (χ4v) is 10.8. The number of aliphatic hydroxyl groups excluding tert-OH is 2. The van der Waals surface area contributed by atoms with Gasteiger partial charge < -0.3 is 10.2 Å². The summed E-state index contributed by atoms with van der Waals surface area (Å²) in [7, 11) is -3.73. The van der Waals surface area contributed by atoms with Gasteiger partial charge >= 0.3 is 0 Å². The SMILES string of the molecule is Cc1ccc(S(=O)(=O)OC[C@H](C)CCC[C@@H](C)[C@H]2C(O)C[C@H]3[C@@H]4CC=C5CC(O)CC[C@]5(C)[C@H]4CC[C@]23C)cc1. The Morgan fingerprint density at radius 3 is 2.48 bits per heavy atom. The van der Waals surface area contributed by atoms with Crippen LogP contribution in [0.4, 0.5) is 0 Å². The van der Waals surface area contributed by atoms with Crippen LogP contribution in [0.1, 0.15) is 97.5 Å². The molecule has 0 amide bonds. The van der Waals surface area contributed by atoms with E-state index in [1.54, 1.807) is 24.3 Å². The van der Waals surface area contributed by atoms with Gasteiger partial charge in [-0.2, -0.15) is 8.42 Å². The summed E-state index contributed by atoms with van der Waals surface area (Å²) in [5.74, 6) is 2.78. The summed E-state index contributed by atoms with van der Waals surface area (Å²) in [6.07, 6.45) is 12.4. The van der Waals surface area contributed by atoms with Crippen LogP contribution in [0.15, 0.2) is 40.8 Å². The molecule has 3 fully saturated rings. The molecule has 224 valence electrons. The van der Waals surface area contributed by atoms with Crippen LogP contribution in [0.2, 0.25) is 0 Å². The van der Waals surface area contributed by atoms with E-state index in [1.165, 1.54) is 18.4 Å². The Hall–Kier alpha value is -1.21. The van der Waals surface area contributed by atoms with Crippen molar-refractivity contribution in [1.82, 2.24) is 0 Å². The highest BCUT2D eigenvalue weighted by Gasteiger charge is 2.61. The Balaban J connectivity index is 1.16. The number of rotatable bonds is 9. The van der Waals surface area contributed by atoms with Crippen LogP contribution in [0.25, 0.3) is 0 Å². The maximum Gasteiger partial charge on any atom is 0.296 e. The van der Waals surface area contributed by atoms with Crippen molar-refractivity contribution in [3.05, 3.63) is 41.5 Å². The number of aryl methyl sites for hydroxylation is 1. The molecule has 5 rings (SSSR count). The number of fused-ring (bicyclic) bond motifs is 5. The van der Waals surface area contributed by atoms with Crippen molar-refractivity contribution < 1.29 is 22.8 Å². The zero-order valence-electron chi connectivity index (χ0n) is 25.3. The second-order valence-corrected chi connectivity index (χ2v) is 16.2. The van der Waals surface area contributed by atoms with E-state index in [0.29, 0.717) is 29.6 Å². The van der Waals surface area contributed by atoms with E-state index in [0.717, 1.165) is 56.9 Å². The largest absolute Gasteiger partial charge is 0.393 e. The summed E-state index contributed by atoms with van der Waals surface area (Å²) in [4.78, 5) is 0.214. The average Bonchev–Trinajstić information content (AvgIpc) is 3.18. The number of allylic oxidation sites excluding steroid dienone is 1. The molecule has 0 heterocycles. The van der Waals surface area contributed by atoms with Crippen LogP contribution in [-0.2, 0) is 14.3 Å². The maximum atomic E-state index is 12.6. The van der Waals surface area contributed by atoms with Gasteiger partial charge in [0.25, 0.3) is 10.1 Å². The molecule has 0 radical (unpaired) electrons. The molecule has 1 aromatic rings. The van der Waals surface area contributed by atoms with E-state index < -0.39 is 10.1 Å².